The third kappa shape index (κ3) is 5.93. The smallest absolute Gasteiger partial charge is 0.220 e. The molecule has 2 aromatic heterocycles. The fourth-order valence-corrected chi connectivity index (χ4v) is 4.57. The summed E-state index contributed by atoms with van der Waals surface area (Å²) in [5, 5.41) is 12.7. The first-order valence-corrected chi connectivity index (χ1v) is 12.1. The number of hydrogen-bond acceptors (Lipinski definition) is 5. The second kappa shape index (κ2) is 11.0. The van der Waals surface area contributed by atoms with E-state index in [0.717, 1.165) is 35.0 Å². The van der Waals surface area contributed by atoms with Gasteiger partial charge in [-0.2, -0.15) is 0 Å². The molecule has 0 aliphatic heterocycles. The van der Waals surface area contributed by atoms with Crippen molar-refractivity contribution in [1.29, 1.82) is 0 Å². The molecule has 4 rings (SSSR count). The molecule has 7 heteroatoms. The van der Waals surface area contributed by atoms with Crippen LogP contribution < -0.4 is 5.32 Å². The Bertz CT molecular complexity index is 1170. The van der Waals surface area contributed by atoms with Crippen LogP contribution in [0.15, 0.2) is 82.6 Å². The lowest BCUT2D eigenvalue weighted by molar-refractivity contribution is -0.121. The Morgan fingerprint density at radius 1 is 1.06 bits per heavy atom. The summed E-state index contributed by atoms with van der Waals surface area (Å²) in [6, 6.07) is 22.0. The molecule has 0 radical (unpaired) electrons. The molecule has 0 fully saturated rings. The number of aryl methyl sites for hydroxylation is 1. The second-order valence-corrected chi connectivity index (χ2v) is 9.03. The lowest BCUT2D eigenvalue weighted by Crippen LogP contribution is -2.26. The molecule has 0 aliphatic rings. The van der Waals surface area contributed by atoms with Crippen LogP contribution in [0.4, 0.5) is 0 Å². The number of nitrogens with zero attached hydrogens (tertiary/aromatic N) is 3. The van der Waals surface area contributed by atoms with Crippen molar-refractivity contribution in [2.75, 3.05) is 5.75 Å². The van der Waals surface area contributed by atoms with Crippen LogP contribution in [0.25, 0.3) is 17.3 Å². The number of unbranched alkanes of at least 4 members (excludes halogenated alkanes) is 1. The van der Waals surface area contributed by atoms with Gasteiger partial charge in [-0.25, -0.2) is 0 Å². The van der Waals surface area contributed by atoms with Crippen LogP contribution in [0, 0.1) is 6.92 Å². The molecule has 0 aliphatic carbocycles. The summed E-state index contributed by atoms with van der Waals surface area (Å²) in [6.45, 7) is 4.08. The van der Waals surface area contributed by atoms with Gasteiger partial charge in [0.2, 0.25) is 11.7 Å². The molecule has 170 valence electrons. The van der Waals surface area contributed by atoms with E-state index in [0.29, 0.717) is 18.0 Å². The molecule has 1 amide bonds. The fraction of sp³-hybridized carbons (Fsp3) is 0.269. The number of furan rings is 1. The van der Waals surface area contributed by atoms with Crippen LogP contribution in [0.5, 0.6) is 0 Å². The van der Waals surface area contributed by atoms with E-state index in [1.165, 1.54) is 5.56 Å². The molecule has 0 saturated heterocycles. The van der Waals surface area contributed by atoms with Crippen LogP contribution >= 0.6 is 11.8 Å². The lowest BCUT2D eigenvalue weighted by Gasteiger charge is -2.14. The molecule has 0 bridgehead atoms. The van der Waals surface area contributed by atoms with Crippen molar-refractivity contribution in [2.45, 2.75) is 44.3 Å². The molecule has 33 heavy (non-hydrogen) atoms. The van der Waals surface area contributed by atoms with Gasteiger partial charge in [-0.05, 0) is 62.1 Å². The molecular weight excluding hydrogens is 432 g/mol. The minimum absolute atomic E-state index is 0.0148. The lowest BCUT2D eigenvalue weighted by atomic mass is 10.1. The predicted molar refractivity (Wildman–Crippen MR) is 131 cm³/mol. The van der Waals surface area contributed by atoms with Gasteiger partial charge in [-0.3, -0.25) is 9.36 Å². The van der Waals surface area contributed by atoms with Crippen LogP contribution in [0.2, 0.25) is 0 Å². The molecule has 0 saturated carbocycles. The van der Waals surface area contributed by atoms with Crippen LogP contribution in [0.3, 0.4) is 0 Å². The first kappa shape index (κ1) is 22.9. The average molecular weight is 461 g/mol. The van der Waals surface area contributed by atoms with E-state index in [1.807, 2.05) is 66.1 Å². The normalized spacial score (nSPS) is 11.9. The standard InChI is InChI=1S/C26H28N4O2S/c1-19-10-8-13-22(18-19)30-25(23-14-9-16-32-23)28-29-26(30)33-17-7-6-15-24(31)27-20(2)21-11-4-3-5-12-21/h3-5,8-14,16,18,20H,6-7,15,17H2,1-2H3,(H,27,31). The van der Waals surface area contributed by atoms with E-state index >= 15 is 0 Å². The van der Waals surface area contributed by atoms with Gasteiger partial charge >= 0.3 is 0 Å². The number of thioether (sulfide) groups is 1. The first-order valence-electron chi connectivity index (χ1n) is 11.2. The van der Waals surface area contributed by atoms with Gasteiger partial charge in [-0.1, -0.05) is 54.2 Å². The van der Waals surface area contributed by atoms with Gasteiger partial charge in [0.25, 0.3) is 0 Å². The zero-order valence-corrected chi connectivity index (χ0v) is 19.7. The summed E-state index contributed by atoms with van der Waals surface area (Å²) in [5.74, 6) is 2.30. The Labute approximate surface area is 198 Å². The minimum atomic E-state index is 0.0148. The Morgan fingerprint density at radius 2 is 1.91 bits per heavy atom. The van der Waals surface area contributed by atoms with Gasteiger partial charge < -0.3 is 9.73 Å². The number of aromatic nitrogens is 3. The van der Waals surface area contributed by atoms with Crippen LogP contribution in [0.1, 0.15) is 43.4 Å². The number of rotatable bonds is 10. The molecule has 1 atom stereocenters. The molecule has 4 aromatic rings. The van der Waals surface area contributed by atoms with Gasteiger partial charge in [-0.15, -0.1) is 10.2 Å². The molecule has 2 aromatic carbocycles. The maximum Gasteiger partial charge on any atom is 0.220 e. The topological polar surface area (TPSA) is 73.0 Å². The highest BCUT2D eigenvalue weighted by atomic mass is 32.2. The van der Waals surface area contributed by atoms with Crippen LogP contribution in [-0.2, 0) is 4.79 Å². The zero-order chi connectivity index (χ0) is 23.0. The van der Waals surface area contributed by atoms with Gasteiger partial charge in [0.15, 0.2) is 10.9 Å². The Kier molecular flexibility index (Phi) is 7.62. The van der Waals surface area contributed by atoms with Crippen molar-refractivity contribution in [3.8, 4) is 17.3 Å². The molecule has 1 N–H and O–H groups in total. The molecular formula is C26H28N4O2S. The largest absolute Gasteiger partial charge is 0.461 e. The van der Waals surface area contributed by atoms with Crippen molar-refractivity contribution in [1.82, 2.24) is 20.1 Å². The summed E-state index contributed by atoms with van der Waals surface area (Å²) >= 11 is 1.64. The molecule has 1 unspecified atom stereocenters. The van der Waals surface area contributed by atoms with Crippen molar-refractivity contribution in [3.05, 3.63) is 84.1 Å². The number of nitrogens with one attached hydrogen (secondary N) is 1. The maximum atomic E-state index is 12.3. The van der Waals surface area contributed by atoms with Crippen LogP contribution in [-0.4, -0.2) is 26.4 Å². The van der Waals surface area contributed by atoms with Crippen molar-refractivity contribution in [3.63, 3.8) is 0 Å². The van der Waals surface area contributed by atoms with E-state index in [1.54, 1.807) is 18.0 Å². The minimum Gasteiger partial charge on any atom is -0.461 e. The summed E-state index contributed by atoms with van der Waals surface area (Å²) in [6.07, 6.45) is 3.89. The van der Waals surface area contributed by atoms with Crippen molar-refractivity contribution < 1.29 is 9.21 Å². The van der Waals surface area contributed by atoms with E-state index in [-0.39, 0.29) is 11.9 Å². The van der Waals surface area contributed by atoms with E-state index in [2.05, 4.69) is 34.6 Å². The summed E-state index contributed by atoms with van der Waals surface area (Å²) in [7, 11) is 0. The summed E-state index contributed by atoms with van der Waals surface area (Å²) < 4.78 is 7.61. The Balaban J connectivity index is 1.33. The highest BCUT2D eigenvalue weighted by Crippen LogP contribution is 2.29. The number of carbonyl (C=O) groups is 1. The SMILES string of the molecule is Cc1cccc(-n2c(SCCCCC(=O)NC(C)c3ccccc3)nnc2-c2ccco2)c1. The van der Waals surface area contributed by atoms with Gasteiger partial charge in [0.1, 0.15) is 0 Å². The average Bonchev–Trinajstić information content (AvgIpc) is 3.49. The third-order valence-corrected chi connectivity index (χ3v) is 6.36. The predicted octanol–water partition coefficient (Wildman–Crippen LogP) is 5.98. The zero-order valence-electron chi connectivity index (χ0n) is 18.9. The van der Waals surface area contributed by atoms with Crippen molar-refractivity contribution >= 4 is 17.7 Å². The maximum absolute atomic E-state index is 12.3. The van der Waals surface area contributed by atoms with E-state index < -0.39 is 0 Å². The number of benzene rings is 2. The highest BCUT2D eigenvalue weighted by Gasteiger charge is 2.18. The summed E-state index contributed by atoms with van der Waals surface area (Å²) in [5.41, 5.74) is 3.28. The third-order valence-electron chi connectivity index (χ3n) is 5.34. The van der Waals surface area contributed by atoms with E-state index in [9.17, 15) is 4.79 Å². The highest BCUT2D eigenvalue weighted by molar-refractivity contribution is 7.99. The number of hydrogen-bond donors (Lipinski definition) is 1. The molecule has 6 nitrogen and oxygen atoms in total. The van der Waals surface area contributed by atoms with Gasteiger partial charge in [0.05, 0.1) is 18.0 Å². The Morgan fingerprint density at radius 3 is 2.67 bits per heavy atom. The summed E-state index contributed by atoms with van der Waals surface area (Å²) in [4.78, 5) is 12.3. The second-order valence-electron chi connectivity index (χ2n) is 7.96. The number of carbonyl (C=O) groups excluding carboxylic acids is 1. The molecule has 2 heterocycles. The van der Waals surface area contributed by atoms with Crippen molar-refractivity contribution in [2.24, 2.45) is 0 Å². The monoisotopic (exact) mass is 460 g/mol. The first-order chi connectivity index (χ1) is 16.1. The fourth-order valence-electron chi connectivity index (χ4n) is 3.62. The molecule has 0 spiro atoms. The van der Waals surface area contributed by atoms with E-state index in [4.69, 9.17) is 4.42 Å². The number of amides is 1. The Hall–Kier alpha value is -3.32. The quantitative estimate of drug-likeness (QED) is 0.233. The van der Waals surface area contributed by atoms with Gasteiger partial charge in [0, 0.05) is 12.2 Å².